The molecule has 2 unspecified atom stereocenters. The molecular weight excluding hydrogens is 194 g/mol. The number of nitrogens with two attached hydrogens (primary N) is 1. The molecule has 15 heavy (non-hydrogen) atoms. The van der Waals surface area contributed by atoms with Crippen molar-refractivity contribution in [2.45, 2.75) is 20.1 Å². The number of aliphatic hydroxyl groups excluding tert-OH is 1. The van der Waals surface area contributed by atoms with E-state index in [1.165, 1.54) is 0 Å². The Morgan fingerprint density at radius 3 is 2.80 bits per heavy atom. The predicted molar refractivity (Wildman–Crippen MR) is 56.4 cm³/mol. The molecule has 4 heteroatoms. The number of hydrogen-bond acceptors (Lipinski definition) is 4. The third-order valence-corrected chi connectivity index (χ3v) is 2.37. The van der Waals surface area contributed by atoms with Gasteiger partial charge in [0.2, 0.25) is 0 Å². The van der Waals surface area contributed by atoms with Gasteiger partial charge < -0.3 is 15.6 Å². The minimum atomic E-state index is -1.12. The van der Waals surface area contributed by atoms with Gasteiger partial charge in [-0.2, -0.15) is 0 Å². The summed E-state index contributed by atoms with van der Waals surface area (Å²) in [5.41, 5.74) is 6.43. The maximum atomic E-state index is 10.6. The minimum Gasteiger partial charge on any atom is -0.494 e. The second-order valence-corrected chi connectivity index (χ2v) is 3.31. The summed E-state index contributed by atoms with van der Waals surface area (Å²) < 4.78 is 5.33. The van der Waals surface area contributed by atoms with Gasteiger partial charge in [0.1, 0.15) is 17.9 Å². The Kier molecular flexibility index (Phi) is 3.86. The van der Waals surface area contributed by atoms with Gasteiger partial charge in [0.15, 0.2) is 0 Å². The van der Waals surface area contributed by atoms with E-state index in [9.17, 15) is 9.90 Å². The Labute approximate surface area is 88.7 Å². The molecule has 0 aliphatic heterocycles. The highest BCUT2D eigenvalue weighted by atomic mass is 16.5. The summed E-state index contributed by atoms with van der Waals surface area (Å²) in [6.45, 7) is 4.12. The molecule has 2 atom stereocenters. The van der Waals surface area contributed by atoms with Crippen LogP contribution in [0.15, 0.2) is 29.1 Å². The molecule has 4 nitrogen and oxygen atoms in total. The van der Waals surface area contributed by atoms with Crippen LogP contribution in [0.1, 0.15) is 13.8 Å². The molecule has 0 aromatic carbocycles. The summed E-state index contributed by atoms with van der Waals surface area (Å²) in [5, 5.41) is 9.42. The predicted octanol–water partition coefficient (Wildman–Crippen LogP) is 0.518. The molecular formula is C11H15NO3. The smallest absolute Gasteiger partial charge is 0.129 e. The van der Waals surface area contributed by atoms with Crippen molar-refractivity contribution in [2.24, 2.45) is 11.7 Å². The zero-order chi connectivity index (χ0) is 11.4. The third kappa shape index (κ3) is 2.36. The highest BCUT2D eigenvalue weighted by Crippen LogP contribution is 2.29. The lowest BCUT2D eigenvalue weighted by molar-refractivity contribution is 0.182. The van der Waals surface area contributed by atoms with Crippen molar-refractivity contribution in [3.63, 3.8) is 0 Å². The summed E-state index contributed by atoms with van der Waals surface area (Å²) >= 11 is 0. The van der Waals surface area contributed by atoms with Crippen LogP contribution in [0.5, 0.6) is 0 Å². The SMILES string of the molecule is CCOC1=C(C(N)O)C(C)C(=C=O)C=C1. The van der Waals surface area contributed by atoms with Gasteiger partial charge in [-0.1, -0.05) is 6.92 Å². The van der Waals surface area contributed by atoms with Crippen molar-refractivity contribution in [1.82, 2.24) is 0 Å². The van der Waals surface area contributed by atoms with Gasteiger partial charge in [-0.3, -0.25) is 0 Å². The van der Waals surface area contributed by atoms with Crippen LogP contribution in [0.3, 0.4) is 0 Å². The largest absolute Gasteiger partial charge is 0.494 e. The van der Waals surface area contributed by atoms with E-state index < -0.39 is 6.23 Å². The van der Waals surface area contributed by atoms with E-state index in [0.29, 0.717) is 23.5 Å². The van der Waals surface area contributed by atoms with Crippen LogP contribution in [-0.2, 0) is 9.53 Å². The van der Waals surface area contributed by atoms with Crippen molar-refractivity contribution >= 4 is 5.94 Å². The summed E-state index contributed by atoms with van der Waals surface area (Å²) in [5.74, 6) is 2.11. The fourth-order valence-corrected chi connectivity index (χ4v) is 1.60. The quantitative estimate of drug-likeness (QED) is 0.525. The van der Waals surface area contributed by atoms with Gasteiger partial charge in [-0.15, -0.1) is 0 Å². The Hall–Kier alpha value is -1.35. The van der Waals surface area contributed by atoms with E-state index in [1.807, 2.05) is 12.9 Å². The third-order valence-electron chi connectivity index (χ3n) is 2.37. The molecule has 0 fully saturated rings. The zero-order valence-corrected chi connectivity index (χ0v) is 8.86. The second-order valence-electron chi connectivity index (χ2n) is 3.31. The molecule has 0 saturated carbocycles. The van der Waals surface area contributed by atoms with Gasteiger partial charge >= 0.3 is 0 Å². The number of rotatable bonds is 3. The normalized spacial score (nSPS) is 22.7. The molecule has 3 N–H and O–H groups in total. The lowest BCUT2D eigenvalue weighted by atomic mass is 9.87. The number of ether oxygens (including phenoxy) is 1. The summed E-state index contributed by atoms with van der Waals surface area (Å²) in [6.07, 6.45) is 2.15. The molecule has 0 amide bonds. The van der Waals surface area contributed by atoms with Gasteiger partial charge in [0.25, 0.3) is 0 Å². The molecule has 1 rings (SSSR count). The first kappa shape index (κ1) is 11.7. The summed E-state index contributed by atoms with van der Waals surface area (Å²) in [4.78, 5) is 10.6. The van der Waals surface area contributed by atoms with E-state index in [1.54, 1.807) is 19.1 Å². The maximum absolute atomic E-state index is 10.6. The highest BCUT2D eigenvalue weighted by molar-refractivity contribution is 5.62. The van der Waals surface area contributed by atoms with Crippen molar-refractivity contribution in [1.29, 1.82) is 0 Å². The van der Waals surface area contributed by atoms with Gasteiger partial charge in [-0.05, 0) is 19.1 Å². The van der Waals surface area contributed by atoms with Crippen LogP contribution in [0.2, 0.25) is 0 Å². The standard InChI is InChI=1S/C11H15NO3/c1-3-15-9-5-4-8(6-13)7(2)10(9)11(12)14/h4-5,7,11,14H,3,12H2,1-2H3. The second kappa shape index (κ2) is 4.94. The molecule has 0 heterocycles. The Bertz CT molecular complexity index is 349. The molecule has 1 aliphatic carbocycles. The molecule has 0 aromatic heterocycles. The maximum Gasteiger partial charge on any atom is 0.129 e. The van der Waals surface area contributed by atoms with E-state index in [4.69, 9.17) is 10.5 Å². The topological polar surface area (TPSA) is 72.6 Å². The first-order valence-electron chi connectivity index (χ1n) is 4.85. The van der Waals surface area contributed by atoms with Crippen molar-refractivity contribution < 1.29 is 14.6 Å². The fraction of sp³-hybridized carbons (Fsp3) is 0.455. The Morgan fingerprint density at radius 1 is 1.67 bits per heavy atom. The minimum absolute atomic E-state index is 0.256. The first-order valence-corrected chi connectivity index (χ1v) is 4.85. The molecule has 0 spiro atoms. The lowest BCUT2D eigenvalue weighted by Gasteiger charge is -2.24. The van der Waals surface area contributed by atoms with Crippen LogP contribution in [0, 0.1) is 5.92 Å². The van der Waals surface area contributed by atoms with Crippen molar-refractivity contribution in [3.8, 4) is 0 Å². The molecule has 0 bridgehead atoms. The van der Waals surface area contributed by atoms with Crippen LogP contribution in [-0.4, -0.2) is 23.9 Å². The molecule has 0 aromatic rings. The van der Waals surface area contributed by atoms with Gasteiger partial charge in [-0.25, -0.2) is 4.79 Å². The Morgan fingerprint density at radius 2 is 2.33 bits per heavy atom. The van der Waals surface area contributed by atoms with Crippen molar-refractivity contribution in [2.75, 3.05) is 6.61 Å². The fourth-order valence-electron chi connectivity index (χ4n) is 1.60. The van der Waals surface area contributed by atoms with Crippen molar-refractivity contribution in [3.05, 3.63) is 29.1 Å². The summed E-state index contributed by atoms with van der Waals surface area (Å²) in [7, 11) is 0. The van der Waals surface area contributed by atoms with Crippen LogP contribution >= 0.6 is 0 Å². The lowest BCUT2D eigenvalue weighted by Crippen LogP contribution is -2.29. The number of aliphatic hydroxyl groups is 1. The average Bonchev–Trinajstić information content (AvgIpc) is 2.18. The van der Waals surface area contributed by atoms with Crippen LogP contribution in [0.4, 0.5) is 0 Å². The van der Waals surface area contributed by atoms with Crippen LogP contribution < -0.4 is 5.73 Å². The van der Waals surface area contributed by atoms with E-state index >= 15 is 0 Å². The Balaban J connectivity index is 3.13. The van der Waals surface area contributed by atoms with E-state index in [2.05, 4.69) is 0 Å². The van der Waals surface area contributed by atoms with E-state index in [-0.39, 0.29) is 5.92 Å². The van der Waals surface area contributed by atoms with Gasteiger partial charge in [0.05, 0.1) is 6.61 Å². The number of allylic oxidation sites excluding steroid dienone is 3. The first-order chi connectivity index (χ1) is 7.11. The highest BCUT2D eigenvalue weighted by Gasteiger charge is 2.25. The van der Waals surface area contributed by atoms with E-state index in [0.717, 1.165) is 0 Å². The van der Waals surface area contributed by atoms with Crippen LogP contribution in [0.25, 0.3) is 0 Å². The van der Waals surface area contributed by atoms with Gasteiger partial charge in [0, 0.05) is 17.1 Å². The molecule has 82 valence electrons. The molecule has 1 aliphatic rings. The number of hydrogen-bond donors (Lipinski definition) is 2. The number of carbonyl (C=O) groups excluding carboxylic acids is 1. The summed E-state index contributed by atoms with van der Waals surface area (Å²) in [6, 6.07) is 0. The molecule has 0 saturated heterocycles. The molecule has 0 radical (unpaired) electrons. The average molecular weight is 209 g/mol. The monoisotopic (exact) mass is 209 g/mol. The zero-order valence-electron chi connectivity index (χ0n) is 8.86.